The normalized spacial score (nSPS) is 25.6. The Kier molecular flexibility index (Phi) is 2.08. The van der Waals surface area contributed by atoms with Crippen LogP contribution in [-0.2, 0) is 4.79 Å². The first-order valence-electron chi connectivity index (χ1n) is 4.55. The summed E-state index contributed by atoms with van der Waals surface area (Å²) in [5, 5.41) is 2.82. The topological polar surface area (TPSA) is 42.2 Å². The van der Waals surface area contributed by atoms with Crippen LogP contribution in [0.25, 0.3) is 0 Å². The van der Waals surface area contributed by atoms with Gasteiger partial charge in [-0.3, -0.25) is 4.79 Å². The predicted molar refractivity (Wildman–Crippen MR) is 48.2 cm³/mol. The standard InChI is InChI=1S/C10H13NO2/c1-7(12)11-6-8-5-9(8)10-3-2-4-13-10/h2-4,8-9H,5-6H2,1H3,(H,11,12). The van der Waals surface area contributed by atoms with Crippen molar-refractivity contribution in [1.29, 1.82) is 0 Å². The molecule has 0 radical (unpaired) electrons. The van der Waals surface area contributed by atoms with Gasteiger partial charge in [0.25, 0.3) is 0 Å². The van der Waals surface area contributed by atoms with Crippen LogP contribution in [-0.4, -0.2) is 12.5 Å². The van der Waals surface area contributed by atoms with Gasteiger partial charge in [-0.25, -0.2) is 0 Å². The molecule has 1 heterocycles. The number of carbonyl (C=O) groups is 1. The van der Waals surface area contributed by atoms with Crippen LogP contribution in [0, 0.1) is 5.92 Å². The molecule has 1 saturated carbocycles. The minimum absolute atomic E-state index is 0.0464. The molecule has 0 aromatic carbocycles. The Hall–Kier alpha value is -1.25. The van der Waals surface area contributed by atoms with Gasteiger partial charge in [0.2, 0.25) is 5.91 Å². The van der Waals surface area contributed by atoms with E-state index in [9.17, 15) is 4.79 Å². The number of hydrogen-bond donors (Lipinski definition) is 1. The van der Waals surface area contributed by atoms with Gasteiger partial charge in [-0.2, -0.15) is 0 Å². The summed E-state index contributed by atoms with van der Waals surface area (Å²) in [7, 11) is 0. The molecule has 1 fully saturated rings. The monoisotopic (exact) mass is 179 g/mol. The highest BCUT2D eigenvalue weighted by Gasteiger charge is 2.40. The molecule has 2 atom stereocenters. The van der Waals surface area contributed by atoms with Crippen molar-refractivity contribution in [3.63, 3.8) is 0 Å². The zero-order valence-electron chi connectivity index (χ0n) is 7.62. The van der Waals surface area contributed by atoms with E-state index in [2.05, 4.69) is 5.32 Å². The molecular formula is C10H13NO2. The molecule has 0 aliphatic heterocycles. The van der Waals surface area contributed by atoms with Gasteiger partial charge in [-0.15, -0.1) is 0 Å². The van der Waals surface area contributed by atoms with E-state index in [4.69, 9.17) is 4.42 Å². The van der Waals surface area contributed by atoms with Crippen molar-refractivity contribution < 1.29 is 9.21 Å². The smallest absolute Gasteiger partial charge is 0.216 e. The van der Waals surface area contributed by atoms with Crippen LogP contribution >= 0.6 is 0 Å². The van der Waals surface area contributed by atoms with Gasteiger partial charge in [-0.1, -0.05) is 0 Å². The van der Waals surface area contributed by atoms with Gasteiger partial charge in [-0.05, 0) is 24.5 Å². The number of amides is 1. The molecule has 3 heteroatoms. The van der Waals surface area contributed by atoms with E-state index in [1.807, 2.05) is 12.1 Å². The second kappa shape index (κ2) is 3.24. The first kappa shape index (κ1) is 8.35. The maximum absolute atomic E-state index is 10.6. The van der Waals surface area contributed by atoms with Crippen LogP contribution in [0.15, 0.2) is 22.8 Å². The molecule has 0 bridgehead atoms. The van der Waals surface area contributed by atoms with Crippen molar-refractivity contribution in [3.8, 4) is 0 Å². The maximum Gasteiger partial charge on any atom is 0.216 e. The van der Waals surface area contributed by atoms with Crippen LogP contribution < -0.4 is 5.32 Å². The van der Waals surface area contributed by atoms with Gasteiger partial charge in [0.05, 0.1) is 6.26 Å². The third-order valence-electron chi connectivity index (χ3n) is 2.44. The Morgan fingerprint density at radius 1 is 1.77 bits per heavy atom. The Labute approximate surface area is 77.1 Å². The molecule has 1 N–H and O–H groups in total. The fraction of sp³-hybridized carbons (Fsp3) is 0.500. The molecule has 0 saturated heterocycles. The average molecular weight is 179 g/mol. The molecule has 3 nitrogen and oxygen atoms in total. The van der Waals surface area contributed by atoms with Crippen molar-refractivity contribution in [3.05, 3.63) is 24.2 Å². The summed E-state index contributed by atoms with van der Waals surface area (Å²) in [6.45, 7) is 2.32. The van der Waals surface area contributed by atoms with E-state index in [1.165, 1.54) is 0 Å². The summed E-state index contributed by atoms with van der Waals surface area (Å²) in [4.78, 5) is 10.6. The highest BCUT2D eigenvalue weighted by Crippen LogP contribution is 2.46. The van der Waals surface area contributed by atoms with Crippen molar-refractivity contribution >= 4 is 5.91 Å². The lowest BCUT2D eigenvalue weighted by Crippen LogP contribution is -2.22. The molecule has 1 aliphatic carbocycles. The molecule has 2 rings (SSSR count). The summed E-state index contributed by atoms with van der Waals surface area (Å²) in [6, 6.07) is 3.90. The fourth-order valence-corrected chi connectivity index (χ4v) is 1.60. The van der Waals surface area contributed by atoms with E-state index in [0.717, 1.165) is 18.7 Å². The zero-order valence-corrected chi connectivity index (χ0v) is 7.62. The van der Waals surface area contributed by atoms with Crippen molar-refractivity contribution in [2.45, 2.75) is 19.3 Å². The molecule has 0 spiro atoms. The van der Waals surface area contributed by atoms with E-state index in [0.29, 0.717) is 11.8 Å². The van der Waals surface area contributed by atoms with Crippen LogP contribution in [0.4, 0.5) is 0 Å². The van der Waals surface area contributed by atoms with Crippen LogP contribution in [0.3, 0.4) is 0 Å². The van der Waals surface area contributed by atoms with E-state index >= 15 is 0 Å². The second-order valence-electron chi connectivity index (χ2n) is 3.55. The zero-order chi connectivity index (χ0) is 9.26. The first-order valence-corrected chi connectivity index (χ1v) is 4.55. The van der Waals surface area contributed by atoms with Gasteiger partial charge < -0.3 is 9.73 Å². The number of hydrogen-bond acceptors (Lipinski definition) is 2. The molecule has 2 unspecified atom stereocenters. The third kappa shape index (κ3) is 1.91. The third-order valence-corrected chi connectivity index (χ3v) is 2.44. The Bertz CT molecular complexity index is 292. The highest BCUT2D eigenvalue weighted by atomic mass is 16.3. The SMILES string of the molecule is CC(=O)NCC1CC1c1ccco1. The second-order valence-corrected chi connectivity index (χ2v) is 3.55. The molecule has 1 aromatic heterocycles. The molecule has 1 amide bonds. The average Bonchev–Trinajstić information content (AvgIpc) is 2.66. The van der Waals surface area contributed by atoms with E-state index in [1.54, 1.807) is 13.2 Å². The Morgan fingerprint density at radius 2 is 2.62 bits per heavy atom. The minimum atomic E-state index is 0.0464. The summed E-state index contributed by atoms with van der Waals surface area (Å²) >= 11 is 0. The van der Waals surface area contributed by atoms with Crippen LogP contribution in [0.1, 0.15) is 25.0 Å². The predicted octanol–water partition coefficient (Wildman–Crippen LogP) is 1.52. The summed E-state index contributed by atoms with van der Waals surface area (Å²) in [6.07, 6.45) is 2.83. The lowest BCUT2D eigenvalue weighted by Gasteiger charge is -1.98. The van der Waals surface area contributed by atoms with Crippen molar-refractivity contribution in [2.75, 3.05) is 6.54 Å². The first-order chi connectivity index (χ1) is 6.27. The lowest BCUT2D eigenvalue weighted by molar-refractivity contribution is -0.119. The fourth-order valence-electron chi connectivity index (χ4n) is 1.60. The number of nitrogens with one attached hydrogen (secondary N) is 1. The van der Waals surface area contributed by atoms with Gasteiger partial charge >= 0.3 is 0 Å². The van der Waals surface area contributed by atoms with Crippen LogP contribution in [0.2, 0.25) is 0 Å². The molecule has 1 aromatic rings. The number of rotatable bonds is 3. The van der Waals surface area contributed by atoms with Crippen LogP contribution in [0.5, 0.6) is 0 Å². The molecule has 13 heavy (non-hydrogen) atoms. The van der Waals surface area contributed by atoms with E-state index < -0.39 is 0 Å². The van der Waals surface area contributed by atoms with E-state index in [-0.39, 0.29) is 5.91 Å². The van der Waals surface area contributed by atoms with Gasteiger partial charge in [0, 0.05) is 19.4 Å². The minimum Gasteiger partial charge on any atom is -0.469 e. The highest BCUT2D eigenvalue weighted by molar-refractivity contribution is 5.72. The van der Waals surface area contributed by atoms with Crippen molar-refractivity contribution in [2.24, 2.45) is 5.92 Å². The molecule has 1 aliphatic rings. The maximum atomic E-state index is 10.6. The summed E-state index contributed by atoms with van der Waals surface area (Å²) < 4.78 is 5.28. The number of carbonyl (C=O) groups excluding carboxylic acids is 1. The summed E-state index contributed by atoms with van der Waals surface area (Å²) in [5.74, 6) is 2.21. The molecule has 70 valence electrons. The Morgan fingerprint density at radius 3 is 3.23 bits per heavy atom. The number of furan rings is 1. The quantitative estimate of drug-likeness (QED) is 0.764. The Balaban J connectivity index is 1.80. The van der Waals surface area contributed by atoms with Crippen molar-refractivity contribution in [1.82, 2.24) is 5.32 Å². The summed E-state index contributed by atoms with van der Waals surface area (Å²) in [5.41, 5.74) is 0. The van der Waals surface area contributed by atoms with Gasteiger partial charge in [0.1, 0.15) is 5.76 Å². The molecular weight excluding hydrogens is 166 g/mol. The van der Waals surface area contributed by atoms with Gasteiger partial charge in [0.15, 0.2) is 0 Å². The lowest BCUT2D eigenvalue weighted by atomic mass is 10.2. The largest absolute Gasteiger partial charge is 0.469 e.